The molecule has 0 aliphatic carbocycles. The van der Waals surface area contributed by atoms with E-state index in [1.807, 2.05) is 11.9 Å². The molecule has 1 fully saturated rings. The van der Waals surface area contributed by atoms with Gasteiger partial charge in [-0.1, -0.05) is 0 Å². The maximum absolute atomic E-state index is 12.4. The Morgan fingerprint density at radius 1 is 1.47 bits per heavy atom. The van der Waals surface area contributed by atoms with Crippen molar-refractivity contribution in [3.63, 3.8) is 0 Å². The summed E-state index contributed by atoms with van der Waals surface area (Å²) >= 11 is 0. The number of H-pyrrole nitrogens is 1. The lowest BCUT2D eigenvalue weighted by Gasteiger charge is -2.40. The molecule has 1 aromatic heterocycles. The van der Waals surface area contributed by atoms with Crippen LogP contribution in [0.1, 0.15) is 23.2 Å². The van der Waals surface area contributed by atoms with Crippen molar-refractivity contribution in [3.05, 3.63) is 11.8 Å². The number of hydrogen-bond acceptors (Lipinski definition) is 5. The fourth-order valence-corrected chi connectivity index (χ4v) is 2.82. The number of carbonyl (C=O) groups excluding carboxylic acids is 1. The molecule has 0 spiro atoms. The minimum absolute atomic E-state index is 0.0613. The van der Waals surface area contributed by atoms with Crippen LogP contribution in [0.4, 0.5) is 5.82 Å². The van der Waals surface area contributed by atoms with Gasteiger partial charge in [-0.3, -0.25) is 9.89 Å². The van der Waals surface area contributed by atoms with Crippen LogP contribution >= 0.6 is 0 Å². The first kappa shape index (κ1) is 12.4. The number of nitrogens with zero attached hydrogens (tertiary/aromatic N) is 3. The Labute approximate surface area is 111 Å². The van der Waals surface area contributed by atoms with E-state index in [0.29, 0.717) is 31.6 Å². The average molecular weight is 265 g/mol. The van der Waals surface area contributed by atoms with Crippen molar-refractivity contribution in [3.8, 4) is 0 Å². The zero-order valence-corrected chi connectivity index (χ0v) is 11.0. The van der Waals surface area contributed by atoms with Crippen molar-refractivity contribution in [1.29, 1.82) is 0 Å². The van der Waals surface area contributed by atoms with E-state index in [1.54, 1.807) is 11.1 Å². The van der Waals surface area contributed by atoms with Crippen molar-refractivity contribution in [1.82, 2.24) is 20.4 Å². The predicted molar refractivity (Wildman–Crippen MR) is 69.9 cm³/mol. The summed E-state index contributed by atoms with van der Waals surface area (Å²) in [5.74, 6) is 0.687. The molecule has 0 radical (unpaired) electrons. The quantitative estimate of drug-likeness (QED) is 0.663. The summed E-state index contributed by atoms with van der Waals surface area (Å²) in [6.45, 7) is 2.45. The summed E-state index contributed by atoms with van der Waals surface area (Å²) in [7, 11) is 1.91. The second kappa shape index (κ2) is 4.50. The highest BCUT2D eigenvalue weighted by Gasteiger charge is 2.37. The molecule has 2 aliphatic rings. The van der Waals surface area contributed by atoms with E-state index in [1.165, 1.54) is 0 Å². The van der Waals surface area contributed by atoms with Gasteiger partial charge in [0.2, 0.25) is 0 Å². The standard InChI is InChI=1S/C12H19N5O2/c1-16-8-17(7-12(19)2-4-13-5-3-12)11(18)9-6-14-15-10(9)16/h6,13,19H,2-5,7-8H2,1H3,(H,14,15). The molecule has 7 heteroatoms. The molecule has 2 aliphatic heterocycles. The summed E-state index contributed by atoms with van der Waals surface area (Å²) in [6, 6.07) is 0. The van der Waals surface area contributed by atoms with E-state index in [4.69, 9.17) is 0 Å². The van der Waals surface area contributed by atoms with Crippen LogP contribution in [-0.2, 0) is 0 Å². The Morgan fingerprint density at radius 3 is 2.95 bits per heavy atom. The number of hydrogen-bond donors (Lipinski definition) is 3. The molecule has 104 valence electrons. The fraction of sp³-hybridized carbons (Fsp3) is 0.667. The van der Waals surface area contributed by atoms with Gasteiger partial charge in [-0.05, 0) is 25.9 Å². The SMILES string of the molecule is CN1CN(CC2(O)CCNCC2)C(=O)c2cn[nH]c21. The second-order valence-corrected chi connectivity index (χ2v) is 5.45. The maximum atomic E-state index is 12.4. The molecule has 3 N–H and O–H groups in total. The molecular formula is C12H19N5O2. The van der Waals surface area contributed by atoms with Crippen molar-refractivity contribution >= 4 is 11.7 Å². The normalized spacial score (nSPS) is 22.5. The van der Waals surface area contributed by atoms with Crippen molar-refractivity contribution in [2.24, 2.45) is 0 Å². The van der Waals surface area contributed by atoms with Crippen LogP contribution in [0.25, 0.3) is 0 Å². The Kier molecular flexibility index (Phi) is 2.94. The number of β-amino-alcohol motifs (C(OH)–C–C–N with tert-alkyl or cyclic N) is 1. The summed E-state index contributed by atoms with van der Waals surface area (Å²) in [5.41, 5.74) is -0.200. The van der Waals surface area contributed by atoms with Gasteiger partial charge in [-0.15, -0.1) is 0 Å². The number of piperidine rings is 1. The van der Waals surface area contributed by atoms with Gasteiger partial charge in [0, 0.05) is 7.05 Å². The molecule has 7 nitrogen and oxygen atoms in total. The summed E-state index contributed by atoms with van der Waals surface area (Å²) in [5, 5.41) is 20.5. The lowest BCUT2D eigenvalue weighted by molar-refractivity contribution is -0.0176. The molecule has 3 rings (SSSR count). The van der Waals surface area contributed by atoms with Crippen molar-refractivity contribution < 1.29 is 9.90 Å². The Bertz CT molecular complexity index is 480. The van der Waals surface area contributed by atoms with Crippen molar-refractivity contribution in [2.75, 3.05) is 38.3 Å². The second-order valence-electron chi connectivity index (χ2n) is 5.45. The van der Waals surface area contributed by atoms with Gasteiger partial charge in [-0.2, -0.15) is 5.10 Å². The zero-order valence-electron chi connectivity index (χ0n) is 11.0. The van der Waals surface area contributed by atoms with Crippen LogP contribution in [-0.4, -0.2) is 65.1 Å². The minimum Gasteiger partial charge on any atom is -0.388 e. The Hall–Kier alpha value is -1.60. The molecule has 1 amide bonds. The third-order valence-corrected chi connectivity index (χ3v) is 3.92. The number of fused-ring (bicyclic) bond motifs is 1. The van der Waals surface area contributed by atoms with E-state index in [-0.39, 0.29) is 5.91 Å². The lowest BCUT2D eigenvalue weighted by Crippen LogP contribution is -2.54. The number of rotatable bonds is 2. The van der Waals surface area contributed by atoms with Crippen LogP contribution in [0.15, 0.2) is 6.20 Å². The van der Waals surface area contributed by atoms with Crippen LogP contribution in [0, 0.1) is 0 Å². The number of nitrogens with one attached hydrogen (secondary N) is 2. The molecule has 0 saturated carbocycles. The number of aliphatic hydroxyl groups is 1. The highest BCUT2D eigenvalue weighted by Crippen LogP contribution is 2.26. The molecule has 3 heterocycles. The molecule has 0 aromatic carbocycles. The molecule has 0 atom stereocenters. The van der Waals surface area contributed by atoms with Crippen LogP contribution < -0.4 is 10.2 Å². The molecule has 1 saturated heterocycles. The maximum Gasteiger partial charge on any atom is 0.260 e. The number of anilines is 1. The van der Waals surface area contributed by atoms with E-state index >= 15 is 0 Å². The Balaban J connectivity index is 1.78. The van der Waals surface area contributed by atoms with Gasteiger partial charge >= 0.3 is 0 Å². The van der Waals surface area contributed by atoms with Gasteiger partial charge in [0.05, 0.1) is 25.0 Å². The monoisotopic (exact) mass is 265 g/mol. The van der Waals surface area contributed by atoms with Crippen LogP contribution in [0.3, 0.4) is 0 Å². The zero-order chi connectivity index (χ0) is 13.5. The first-order valence-electron chi connectivity index (χ1n) is 6.56. The van der Waals surface area contributed by atoms with E-state index in [9.17, 15) is 9.90 Å². The lowest BCUT2D eigenvalue weighted by atomic mass is 9.91. The highest BCUT2D eigenvalue weighted by molar-refractivity contribution is 6.00. The first-order chi connectivity index (χ1) is 9.09. The third kappa shape index (κ3) is 2.19. The third-order valence-electron chi connectivity index (χ3n) is 3.92. The Morgan fingerprint density at radius 2 is 2.21 bits per heavy atom. The van der Waals surface area contributed by atoms with Gasteiger partial charge in [0.1, 0.15) is 11.4 Å². The van der Waals surface area contributed by atoms with Gasteiger partial charge in [0.15, 0.2) is 0 Å². The van der Waals surface area contributed by atoms with Gasteiger partial charge < -0.3 is 20.2 Å². The highest BCUT2D eigenvalue weighted by atomic mass is 16.3. The summed E-state index contributed by atoms with van der Waals surface area (Å²) in [4.78, 5) is 16.0. The average Bonchev–Trinajstić information content (AvgIpc) is 2.86. The number of amides is 1. The van der Waals surface area contributed by atoms with Crippen molar-refractivity contribution in [2.45, 2.75) is 18.4 Å². The van der Waals surface area contributed by atoms with E-state index in [0.717, 1.165) is 18.9 Å². The summed E-state index contributed by atoms with van der Waals surface area (Å²) < 4.78 is 0. The predicted octanol–water partition coefficient (Wildman–Crippen LogP) is -0.626. The van der Waals surface area contributed by atoms with E-state index in [2.05, 4.69) is 15.5 Å². The topological polar surface area (TPSA) is 84.5 Å². The smallest absolute Gasteiger partial charge is 0.260 e. The molecule has 19 heavy (non-hydrogen) atoms. The number of carbonyl (C=O) groups is 1. The largest absolute Gasteiger partial charge is 0.388 e. The first-order valence-corrected chi connectivity index (χ1v) is 6.56. The van der Waals surface area contributed by atoms with Gasteiger partial charge in [-0.25, -0.2) is 0 Å². The van der Waals surface area contributed by atoms with Crippen LogP contribution in [0.5, 0.6) is 0 Å². The molecule has 0 unspecified atom stereocenters. The van der Waals surface area contributed by atoms with Gasteiger partial charge in [0.25, 0.3) is 5.91 Å². The fourth-order valence-electron chi connectivity index (χ4n) is 2.82. The molecule has 1 aromatic rings. The molecular weight excluding hydrogens is 246 g/mol. The number of aromatic amines is 1. The minimum atomic E-state index is -0.775. The van der Waals surface area contributed by atoms with Crippen LogP contribution in [0.2, 0.25) is 0 Å². The number of aromatic nitrogens is 2. The molecule has 0 bridgehead atoms. The van der Waals surface area contributed by atoms with E-state index < -0.39 is 5.60 Å². The summed E-state index contributed by atoms with van der Waals surface area (Å²) in [6.07, 6.45) is 2.91.